The van der Waals surface area contributed by atoms with Crippen molar-refractivity contribution >= 4 is 41.1 Å². The van der Waals surface area contributed by atoms with Gasteiger partial charge in [-0.2, -0.15) is 0 Å². The molecule has 0 saturated carbocycles. The summed E-state index contributed by atoms with van der Waals surface area (Å²) in [7, 11) is 0. The first-order valence-corrected chi connectivity index (χ1v) is 5.83. The number of ether oxygens (including phenoxy) is 1. The molecule has 1 aromatic heterocycles. The lowest BCUT2D eigenvalue weighted by Crippen LogP contribution is -1.93. The molecule has 0 aliphatic heterocycles. The summed E-state index contributed by atoms with van der Waals surface area (Å²) in [4.78, 5) is 18.1. The van der Waals surface area contributed by atoms with Crippen LogP contribution in [0.4, 0.5) is 0 Å². The summed E-state index contributed by atoms with van der Waals surface area (Å²) in [5.74, 6) is 0.282. The summed E-state index contributed by atoms with van der Waals surface area (Å²) in [6, 6.07) is 2.98. The van der Waals surface area contributed by atoms with Crippen molar-refractivity contribution in [2.45, 2.75) is 0 Å². The number of carbonyl (C=O) groups is 1. The molecule has 0 radical (unpaired) electrons. The van der Waals surface area contributed by atoms with Gasteiger partial charge >= 0.3 is 6.01 Å². The molecule has 0 bridgehead atoms. The standard InChI is InChI=1S/C11H5Cl3N2O2/c12-7-1-9(14)10(2-8(7)13)18-11-15-3-6(5-17)4-16-11/h1-5H. The Balaban J connectivity index is 2.27. The molecular formula is C11H5Cl3N2O2. The lowest BCUT2D eigenvalue weighted by molar-refractivity contribution is 0.112. The molecular weight excluding hydrogens is 298 g/mol. The summed E-state index contributed by atoms with van der Waals surface area (Å²) in [5.41, 5.74) is 0.350. The van der Waals surface area contributed by atoms with Gasteiger partial charge in [0.25, 0.3) is 0 Å². The van der Waals surface area contributed by atoms with E-state index in [2.05, 4.69) is 9.97 Å². The van der Waals surface area contributed by atoms with Crippen molar-refractivity contribution in [2.24, 2.45) is 0 Å². The lowest BCUT2D eigenvalue weighted by atomic mass is 10.3. The largest absolute Gasteiger partial charge is 0.423 e. The fraction of sp³-hybridized carbons (Fsp3) is 0. The van der Waals surface area contributed by atoms with Crippen molar-refractivity contribution in [1.29, 1.82) is 0 Å². The van der Waals surface area contributed by atoms with Crippen molar-refractivity contribution in [3.05, 3.63) is 45.2 Å². The summed E-state index contributed by atoms with van der Waals surface area (Å²) in [6.45, 7) is 0. The molecule has 2 aromatic rings. The molecule has 0 atom stereocenters. The minimum absolute atomic E-state index is 0.0564. The van der Waals surface area contributed by atoms with Crippen LogP contribution in [0.3, 0.4) is 0 Å². The number of aldehydes is 1. The Kier molecular flexibility index (Phi) is 4.01. The Morgan fingerprint density at radius 2 is 1.61 bits per heavy atom. The summed E-state index contributed by atoms with van der Waals surface area (Å²) in [6.07, 6.45) is 3.30. The van der Waals surface area contributed by atoms with E-state index in [0.29, 0.717) is 21.9 Å². The van der Waals surface area contributed by atoms with E-state index in [1.165, 1.54) is 24.5 Å². The maximum Gasteiger partial charge on any atom is 0.321 e. The molecule has 0 unspecified atom stereocenters. The summed E-state index contributed by atoms with van der Waals surface area (Å²) >= 11 is 17.6. The van der Waals surface area contributed by atoms with Gasteiger partial charge in [0.1, 0.15) is 0 Å². The zero-order chi connectivity index (χ0) is 13.1. The number of aromatic nitrogens is 2. The van der Waals surface area contributed by atoms with E-state index in [9.17, 15) is 4.79 Å². The van der Waals surface area contributed by atoms with Crippen molar-refractivity contribution in [3.8, 4) is 11.8 Å². The lowest BCUT2D eigenvalue weighted by Gasteiger charge is -2.06. The minimum atomic E-state index is 0.0564. The molecule has 2 rings (SSSR count). The molecule has 92 valence electrons. The third-order valence-electron chi connectivity index (χ3n) is 1.96. The normalized spacial score (nSPS) is 10.2. The summed E-state index contributed by atoms with van der Waals surface area (Å²) < 4.78 is 5.33. The van der Waals surface area contributed by atoms with E-state index >= 15 is 0 Å². The average Bonchev–Trinajstić information content (AvgIpc) is 2.37. The van der Waals surface area contributed by atoms with Gasteiger partial charge in [-0.05, 0) is 6.07 Å². The van der Waals surface area contributed by atoms with Crippen molar-refractivity contribution in [1.82, 2.24) is 9.97 Å². The quantitative estimate of drug-likeness (QED) is 0.634. The molecule has 1 aromatic carbocycles. The third-order valence-corrected chi connectivity index (χ3v) is 2.98. The van der Waals surface area contributed by atoms with Gasteiger partial charge in [-0.1, -0.05) is 34.8 Å². The second-order valence-corrected chi connectivity index (χ2v) is 4.44. The van der Waals surface area contributed by atoms with Crippen molar-refractivity contribution < 1.29 is 9.53 Å². The van der Waals surface area contributed by atoms with Crippen LogP contribution in [0.5, 0.6) is 11.8 Å². The highest BCUT2D eigenvalue weighted by molar-refractivity contribution is 6.43. The second kappa shape index (κ2) is 5.52. The van der Waals surface area contributed by atoms with Crippen LogP contribution >= 0.6 is 34.8 Å². The van der Waals surface area contributed by atoms with Gasteiger partial charge in [0.15, 0.2) is 12.0 Å². The van der Waals surface area contributed by atoms with Gasteiger partial charge < -0.3 is 4.74 Å². The number of rotatable bonds is 3. The predicted molar refractivity (Wildman–Crippen MR) is 69.0 cm³/mol. The van der Waals surface area contributed by atoms with E-state index in [0.717, 1.165) is 0 Å². The first kappa shape index (κ1) is 13.1. The fourth-order valence-electron chi connectivity index (χ4n) is 1.12. The van der Waals surface area contributed by atoms with Crippen molar-refractivity contribution in [3.63, 3.8) is 0 Å². The van der Waals surface area contributed by atoms with Crippen LogP contribution in [0, 0.1) is 0 Å². The Hall–Kier alpha value is -1.36. The van der Waals surface area contributed by atoms with E-state index in [4.69, 9.17) is 39.5 Å². The smallest absolute Gasteiger partial charge is 0.321 e. The Bertz CT molecular complexity index is 588. The molecule has 0 spiro atoms. The van der Waals surface area contributed by atoms with Crippen LogP contribution in [0.1, 0.15) is 10.4 Å². The van der Waals surface area contributed by atoms with Crippen LogP contribution in [0.15, 0.2) is 24.5 Å². The number of nitrogens with zero attached hydrogens (tertiary/aromatic N) is 2. The number of hydrogen-bond donors (Lipinski definition) is 0. The SMILES string of the molecule is O=Cc1cnc(Oc2cc(Cl)c(Cl)cc2Cl)nc1. The third kappa shape index (κ3) is 2.90. The van der Waals surface area contributed by atoms with Gasteiger partial charge in [0.05, 0.1) is 20.6 Å². The highest BCUT2D eigenvalue weighted by Gasteiger charge is 2.09. The number of halogens is 3. The monoisotopic (exact) mass is 302 g/mol. The molecule has 0 saturated heterocycles. The van der Waals surface area contributed by atoms with Gasteiger partial charge in [-0.25, -0.2) is 9.97 Å². The van der Waals surface area contributed by atoms with E-state index in [1.54, 1.807) is 0 Å². The highest BCUT2D eigenvalue weighted by atomic mass is 35.5. The van der Waals surface area contributed by atoms with Crippen LogP contribution in [-0.2, 0) is 0 Å². The molecule has 0 fully saturated rings. The first-order valence-electron chi connectivity index (χ1n) is 4.70. The fourth-order valence-corrected chi connectivity index (χ4v) is 1.70. The van der Waals surface area contributed by atoms with Crippen LogP contribution in [0.2, 0.25) is 15.1 Å². The Labute approximate surface area is 117 Å². The van der Waals surface area contributed by atoms with Gasteiger partial charge in [-0.3, -0.25) is 4.79 Å². The minimum Gasteiger partial charge on any atom is -0.423 e. The summed E-state index contributed by atoms with van der Waals surface area (Å²) in [5, 5.41) is 0.916. The topological polar surface area (TPSA) is 52.1 Å². The molecule has 0 aliphatic carbocycles. The first-order chi connectivity index (χ1) is 8.60. The highest BCUT2D eigenvalue weighted by Crippen LogP contribution is 2.35. The maximum atomic E-state index is 10.4. The van der Waals surface area contributed by atoms with Gasteiger partial charge in [-0.15, -0.1) is 0 Å². The van der Waals surface area contributed by atoms with Gasteiger partial charge in [0, 0.05) is 18.5 Å². The van der Waals surface area contributed by atoms with Gasteiger partial charge in [0.2, 0.25) is 0 Å². The Morgan fingerprint density at radius 1 is 1.00 bits per heavy atom. The molecule has 1 heterocycles. The van der Waals surface area contributed by atoms with Crippen LogP contribution in [-0.4, -0.2) is 16.3 Å². The zero-order valence-electron chi connectivity index (χ0n) is 8.73. The van der Waals surface area contributed by atoms with E-state index in [-0.39, 0.29) is 16.8 Å². The van der Waals surface area contributed by atoms with Crippen LogP contribution < -0.4 is 4.74 Å². The van der Waals surface area contributed by atoms with Crippen LogP contribution in [0.25, 0.3) is 0 Å². The second-order valence-electron chi connectivity index (χ2n) is 3.22. The number of carbonyl (C=O) groups excluding carboxylic acids is 1. The molecule has 0 N–H and O–H groups in total. The number of hydrogen-bond acceptors (Lipinski definition) is 4. The molecule has 7 heteroatoms. The maximum absolute atomic E-state index is 10.4. The molecule has 18 heavy (non-hydrogen) atoms. The van der Waals surface area contributed by atoms with Crippen molar-refractivity contribution in [2.75, 3.05) is 0 Å². The average molecular weight is 304 g/mol. The van der Waals surface area contributed by atoms with E-state index < -0.39 is 0 Å². The van der Waals surface area contributed by atoms with E-state index in [1.807, 2.05) is 0 Å². The molecule has 0 aliphatic rings. The molecule has 0 amide bonds. The number of benzene rings is 1. The zero-order valence-corrected chi connectivity index (χ0v) is 11.0. The Morgan fingerprint density at radius 3 is 2.22 bits per heavy atom. The predicted octanol–water partition coefficient (Wildman–Crippen LogP) is 4.04. The molecule has 4 nitrogen and oxygen atoms in total.